The van der Waals surface area contributed by atoms with E-state index >= 15 is 0 Å². The highest BCUT2D eigenvalue weighted by Crippen LogP contribution is 2.36. The van der Waals surface area contributed by atoms with Gasteiger partial charge >= 0.3 is 0 Å². The topological polar surface area (TPSA) is 12.0 Å². The maximum Gasteiger partial charge on any atom is 0.0348 e. The lowest BCUT2D eigenvalue weighted by Gasteiger charge is -2.25. The zero-order valence-corrected chi connectivity index (χ0v) is 10.7. The number of benzene rings is 1. The molecule has 0 aromatic heterocycles. The van der Waals surface area contributed by atoms with Crippen molar-refractivity contribution in [2.45, 2.75) is 45.6 Å². The highest BCUT2D eigenvalue weighted by atomic mass is 14.9. The molecular weight excluding hydrogens is 194 g/mol. The Morgan fingerprint density at radius 1 is 1.19 bits per heavy atom. The third-order valence-corrected chi connectivity index (χ3v) is 3.94. The van der Waals surface area contributed by atoms with E-state index in [1.807, 2.05) is 0 Å². The van der Waals surface area contributed by atoms with Crippen LogP contribution < -0.4 is 5.32 Å². The predicted molar refractivity (Wildman–Crippen MR) is 69.7 cm³/mol. The number of hydrogen-bond donors (Lipinski definition) is 1. The van der Waals surface area contributed by atoms with Gasteiger partial charge < -0.3 is 5.32 Å². The molecular formula is C15H23N. The minimum absolute atomic E-state index is 0.558. The molecule has 0 saturated heterocycles. The summed E-state index contributed by atoms with van der Waals surface area (Å²) < 4.78 is 0. The first-order valence-electron chi connectivity index (χ1n) is 6.47. The second kappa shape index (κ2) is 5.01. The Morgan fingerprint density at radius 2 is 1.88 bits per heavy atom. The number of aryl methyl sites for hydroxylation is 2. The van der Waals surface area contributed by atoms with Crippen LogP contribution in [-0.4, -0.2) is 7.05 Å². The molecule has 1 fully saturated rings. The third kappa shape index (κ3) is 2.30. The van der Waals surface area contributed by atoms with Crippen molar-refractivity contribution in [2.24, 2.45) is 5.92 Å². The summed E-state index contributed by atoms with van der Waals surface area (Å²) in [5.74, 6) is 0.839. The van der Waals surface area contributed by atoms with Crippen LogP contribution in [0.15, 0.2) is 18.2 Å². The molecule has 2 rings (SSSR count). The van der Waals surface area contributed by atoms with Crippen LogP contribution in [0, 0.1) is 19.8 Å². The van der Waals surface area contributed by atoms with Crippen LogP contribution in [0.3, 0.4) is 0 Å². The molecule has 1 N–H and O–H groups in total. The molecule has 1 nitrogen and oxygen atoms in total. The standard InChI is InChI=1S/C15H23N/c1-11-8-9-14(12(2)10-11)15(16-3)13-6-4-5-7-13/h8-10,13,15-16H,4-7H2,1-3H3. The van der Waals surface area contributed by atoms with E-state index in [0.717, 1.165) is 5.92 Å². The highest BCUT2D eigenvalue weighted by molar-refractivity contribution is 5.33. The van der Waals surface area contributed by atoms with Crippen LogP contribution in [-0.2, 0) is 0 Å². The lowest BCUT2D eigenvalue weighted by Crippen LogP contribution is -2.24. The van der Waals surface area contributed by atoms with Gasteiger partial charge in [0.15, 0.2) is 0 Å². The Labute approximate surface area is 99.3 Å². The minimum Gasteiger partial charge on any atom is -0.313 e. The fraction of sp³-hybridized carbons (Fsp3) is 0.600. The van der Waals surface area contributed by atoms with Gasteiger partial charge in [-0.3, -0.25) is 0 Å². The molecule has 1 atom stereocenters. The summed E-state index contributed by atoms with van der Waals surface area (Å²) in [6.07, 6.45) is 5.60. The summed E-state index contributed by atoms with van der Waals surface area (Å²) in [6, 6.07) is 7.41. The number of rotatable bonds is 3. The largest absolute Gasteiger partial charge is 0.313 e. The van der Waals surface area contributed by atoms with E-state index in [1.54, 1.807) is 0 Å². The zero-order chi connectivity index (χ0) is 11.5. The zero-order valence-electron chi connectivity index (χ0n) is 10.7. The Bertz CT molecular complexity index is 350. The minimum atomic E-state index is 0.558. The second-order valence-corrected chi connectivity index (χ2v) is 5.17. The average molecular weight is 217 g/mol. The maximum absolute atomic E-state index is 3.52. The van der Waals surface area contributed by atoms with Crippen molar-refractivity contribution in [3.05, 3.63) is 34.9 Å². The van der Waals surface area contributed by atoms with Crippen LogP contribution in [0.1, 0.15) is 48.4 Å². The van der Waals surface area contributed by atoms with Crippen molar-refractivity contribution in [1.82, 2.24) is 5.32 Å². The molecule has 0 spiro atoms. The SMILES string of the molecule is CNC(c1ccc(C)cc1C)C1CCCC1. The van der Waals surface area contributed by atoms with Crippen molar-refractivity contribution in [3.63, 3.8) is 0 Å². The summed E-state index contributed by atoms with van der Waals surface area (Å²) in [4.78, 5) is 0. The summed E-state index contributed by atoms with van der Waals surface area (Å²) in [5.41, 5.74) is 4.30. The van der Waals surface area contributed by atoms with E-state index in [0.29, 0.717) is 6.04 Å². The van der Waals surface area contributed by atoms with E-state index in [-0.39, 0.29) is 0 Å². The van der Waals surface area contributed by atoms with Crippen LogP contribution in [0.4, 0.5) is 0 Å². The monoisotopic (exact) mass is 217 g/mol. The van der Waals surface area contributed by atoms with E-state index in [1.165, 1.54) is 42.4 Å². The molecule has 1 unspecified atom stereocenters. The van der Waals surface area contributed by atoms with Gasteiger partial charge in [0.2, 0.25) is 0 Å². The van der Waals surface area contributed by atoms with Crippen molar-refractivity contribution >= 4 is 0 Å². The first-order chi connectivity index (χ1) is 7.72. The van der Waals surface area contributed by atoms with Gasteiger partial charge in [0, 0.05) is 6.04 Å². The lowest BCUT2D eigenvalue weighted by molar-refractivity contribution is 0.389. The van der Waals surface area contributed by atoms with Crippen molar-refractivity contribution < 1.29 is 0 Å². The molecule has 1 aromatic rings. The second-order valence-electron chi connectivity index (χ2n) is 5.17. The Kier molecular flexibility index (Phi) is 3.65. The summed E-state index contributed by atoms with van der Waals surface area (Å²) in [6.45, 7) is 4.41. The molecule has 1 aliphatic carbocycles. The highest BCUT2D eigenvalue weighted by Gasteiger charge is 2.25. The number of nitrogens with one attached hydrogen (secondary N) is 1. The quantitative estimate of drug-likeness (QED) is 0.813. The fourth-order valence-electron chi connectivity index (χ4n) is 3.11. The molecule has 1 heteroatoms. The third-order valence-electron chi connectivity index (χ3n) is 3.94. The van der Waals surface area contributed by atoms with Gasteiger partial charge in [-0.2, -0.15) is 0 Å². The van der Waals surface area contributed by atoms with Gasteiger partial charge in [-0.05, 0) is 50.8 Å². The van der Waals surface area contributed by atoms with Crippen molar-refractivity contribution in [3.8, 4) is 0 Å². The maximum atomic E-state index is 3.52. The van der Waals surface area contributed by atoms with E-state index < -0.39 is 0 Å². The Balaban J connectivity index is 2.25. The van der Waals surface area contributed by atoms with Crippen LogP contribution >= 0.6 is 0 Å². The van der Waals surface area contributed by atoms with Gasteiger partial charge in [-0.25, -0.2) is 0 Å². The molecule has 1 aliphatic rings. The summed E-state index contributed by atoms with van der Waals surface area (Å²) >= 11 is 0. The lowest BCUT2D eigenvalue weighted by atomic mass is 9.88. The van der Waals surface area contributed by atoms with Crippen molar-refractivity contribution in [1.29, 1.82) is 0 Å². The molecule has 0 radical (unpaired) electrons. The van der Waals surface area contributed by atoms with Crippen molar-refractivity contribution in [2.75, 3.05) is 7.05 Å². The molecule has 16 heavy (non-hydrogen) atoms. The normalized spacial score (nSPS) is 18.9. The smallest absolute Gasteiger partial charge is 0.0348 e. The molecule has 1 aromatic carbocycles. The molecule has 0 bridgehead atoms. The van der Waals surface area contributed by atoms with Crippen LogP contribution in [0.2, 0.25) is 0 Å². The molecule has 0 aliphatic heterocycles. The van der Waals surface area contributed by atoms with Gasteiger partial charge in [0.05, 0.1) is 0 Å². The van der Waals surface area contributed by atoms with Crippen LogP contribution in [0.25, 0.3) is 0 Å². The van der Waals surface area contributed by atoms with E-state index in [2.05, 4.69) is 44.4 Å². The predicted octanol–water partition coefficient (Wildman–Crippen LogP) is 3.75. The molecule has 0 heterocycles. The molecule has 1 saturated carbocycles. The molecule has 88 valence electrons. The van der Waals surface area contributed by atoms with E-state index in [9.17, 15) is 0 Å². The first kappa shape index (κ1) is 11.7. The van der Waals surface area contributed by atoms with Crippen LogP contribution in [0.5, 0.6) is 0 Å². The van der Waals surface area contributed by atoms with E-state index in [4.69, 9.17) is 0 Å². The summed E-state index contributed by atoms with van der Waals surface area (Å²) in [5, 5.41) is 3.52. The Morgan fingerprint density at radius 3 is 2.44 bits per heavy atom. The van der Waals surface area contributed by atoms with Gasteiger partial charge in [0.1, 0.15) is 0 Å². The average Bonchev–Trinajstić information content (AvgIpc) is 2.75. The van der Waals surface area contributed by atoms with Gasteiger partial charge in [-0.1, -0.05) is 36.6 Å². The molecule has 0 amide bonds. The summed E-state index contributed by atoms with van der Waals surface area (Å²) in [7, 11) is 2.10. The van der Waals surface area contributed by atoms with Gasteiger partial charge in [0.25, 0.3) is 0 Å². The van der Waals surface area contributed by atoms with Gasteiger partial charge in [-0.15, -0.1) is 0 Å². The first-order valence-corrected chi connectivity index (χ1v) is 6.47. The fourth-order valence-corrected chi connectivity index (χ4v) is 3.11. The Hall–Kier alpha value is -0.820. The number of hydrogen-bond acceptors (Lipinski definition) is 1.